The van der Waals surface area contributed by atoms with Crippen LogP contribution in [0.3, 0.4) is 0 Å². The lowest BCUT2D eigenvalue weighted by atomic mass is 10.1. The van der Waals surface area contributed by atoms with Gasteiger partial charge in [0.2, 0.25) is 21.8 Å². The zero-order chi connectivity index (χ0) is 28.6. The van der Waals surface area contributed by atoms with Crippen LogP contribution in [0.5, 0.6) is 11.5 Å². The number of para-hydroxylation sites is 1. The van der Waals surface area contributed by atoms with Gasteiger partial charge in [-0.25, -0.2) is 12.8 Å². The Morgan fingerprint density at radius 1 is 0.923 bits per heavy atom. The number of hydrogen-bond acceptors (Lipinski definition) is 5. The van der Waals surface area contributed by atoms with Crippen LogP contribution in [0.2, 0.25) is 0 Å². The Morgan fingerprint density at radius 3 is 2.10 bits per heavy atom. The Hall–Kier alpha value is -3.92. The third kappa shape index (κ3) is 8.28. The fourth-order valence-corrected chi connectivity index (χ4v) is 4.63. The molecule has 0 unspecified atom stereocenters. The molecule has 8 nitrogen and oxygen atoms in total. The molecule has 2 atom stereocenters. The molecule has 0 fully saturated rings. The third-order valence-corrected chi connectivity index (χ3v) is 7.39. The minimum absolute atomic E-state index is 0.130. The Balaban J connectivity index is 1.87. The fraction of sp³-hybridized carbons (Fsp3) is 0.310. The van der Waals surface area contributed by atoms with Gasteiger partial charge in [-0.05, 0) is 62.7 Å². The summed E-state index contributed by atoms with van der Waals surface area (Å²) in [7, 11) is -3.90. The number of hydrogen-bond donors (Lipinski definition) is 1. The lowest BCUT2D eigenvalue weighted by Crippen LogP contribution is -2.52. The summed E-state index contributed by atoms with van der Waals surface area (Å²) in [6.07, 6.45) is 1.68. The number of nitrogens with zero attached hydrogens (tertiary/aromatic N) is 2. The molecular weight excluding hydrogens is 521 g/mol. The molecule has 10 heteroatoms. The monoisotopic (exact) mass is 555 g/mol. The average molecular weight is 556 g/mol. The molecule has 0 spiro atoms. The molecule has 0 saturated heterocycles. The molecule has 0 aliphatic rings. The summed E-state index contributed by atoms with van der Waals surface area (Å²) in [6, 6.07) is 20.2. The van der Waals surface area contributed by atoms with E-state index in [4.69, 9.17) is 4.74 Å². The molecule has 2 amide bonds. The van der Waals surface area contributed by atoms with Crippen molar-refractivity contribution < 1.29 is 27.1 Å². The van der Waals surface area contributed by atoms with Gasteiger partial charge >= 0.3 is 0 Å². The van der Waals surface area contributed by atoms with E-state index in [9.17, 15) is 22.4 Å². The van der Waals surface area contributed by atoms with Crippen molar-refractivity contribution in [3.8, 4) is 11.5 Å². The summed E-state index contributed by atoms with van der Waals surface area (Å²) in [4.78, 5) is 27.7. The molecule has 1 N–H and O–H groups in total. The minimum Gasteiger partial charge on any atom is -0.457 e. The summed E-state index contributed by atoms with van der Waals surface area (Å²) in [5, 5.41) is 2.83. The van der Waals surface area contributed by atoms with Crippen molar-refractivity contribution in [2.45, 2.75) is 45.8 Å². The number of halogens is 1. The molecule has 0 saturated carbocycles. The SMILES string of the molecule is CC[C@@H](C)NC(=O)[C@@H](C)N(Cc1ccccc1F)C(=O)CN(c1ccc(Oc2ccccc2)cc1)S(C)(=O)=O. The maximum absolute atomic E-state index is 14.5. The zero-order valence-corrected chi connectivity index (χ0v) is 23.3. The van der Waals surface area contributed by atoms with Gasteiger partial charge in [0.1, 0.15) is 29.9 Å². The van der Waals surface area contributed by atoms with Crippen LogP contribution in [0, 0.1) is 5.82 Å². The molecule has 0 aliphatic carbocycles. The predicted molar refractivity (Wildman–Crippen MR) is 149 cm³/mol. The van der Waals surface area contributed by atoms with Crippen LogP contribution in [0.1, 0.15) is 32.8 Å². The largest absolute Gasteiger partial charge is 0.457 e. The van der Waals surface area contributed by atoms with E-state index in [1.165, 1.54) is 42.2 Å². The highest BCUT2D eigenvalue weighted by Gasteiger charge is 2.31. The van der Waals surface area contributed by atoms with E-state index in [1.807, 2.05) is 32.0 Å². The van der Waals surface area contributed by atoms with Crippen molar-refractivity contribution in [3.05, 3.63) is 90.2 Å². The molecule has 3 rings (SSSR count). The number of anilines is 1. The van der Waals surface area contributed by atoms with Gasteiger partial charge in [-0.1, -0.05) is 43.3 Å². The standard InChI is InChI=1S/C29H34FN3O5S/c1-5-21(2)31-29(35)22(3)32(19-23-11-9-10-14-27(23)30)28(34)20-33(39(4,36)37)24-15-17-26(18-16-24)38-25-12-7-6-8-13-25/h6-18,21-22H,5,19-20H2,1-4H3,(H,31,35)/t21-,22-/m1/s1. The lowest BCUT2D eigenvalue weighted by molar-refractivity contribution is -0.139. The number of ether oxygens (including phenoxy) is 1. The number of sulfonamides is 1. The van der Waals surface area contributed by atoms with Gasteiger partial charge in [0.25, 0.3) is 0 Å². The molecule has 0 bridgehead atoms. The predicted octanol–water partition coefficient (Wildman–Crippen LogP) is 4.72. The van der Waals surface area contributed by atoms with Crippen LogP contribution in [0.15, 0.2) is 78.9 Å². The molecule has 0 aromatic heterocycles. The van der Waals surface area contributed by atoms with Crippen LogP contribution in [0.25, 0.3) is 0 Å². The van der Waals surface area contributed by atoms with Crippen LogP contribution in [-0.2, 0) is 26.2 Å². The second kappa shape index (κ2) is 13.2. The van der Waals surface area contributed by atoms with E-state index in [-0.39, 0.29) is 23.8 Å². The van der Waals surface area contributed by atoms with Crippen LogP contribution >= 0.6 is 0 Å². The molecule has 0 aliphatic heterocycles. The first-order chi connectivity index (χ1) is 18.5. The van der Waals surface area contributed by atoms with E-state index in [1.54, 1.807) is 30.3 Å². The normalized spacial score (nSPS) is 12.7. The van der Waals surface area contributed by atoms with E-state index in [2.05, 4.69) is 5.32 Å². The molecular formula is C29H34FN3O5S. The summed E-state index contributed by atoms with van der Waals surface area (Å²) in [6.45, 7) is 4.51. The van der Waals surface area contributed by atoms with Crippen LogP contribution < -0.4 is 14.4 Å². The van der Waals surface area contributed by atoms with Crippen LogP contribution in [0.4, 0.5) is 10.1 Å². The van der Waals surface area contributed by atoms with Crippen molar-refractivity contribution in [2.24, 2.45) is 0 Å². The maximum atomic E-state index is 14.5. The highest BCUT2D eigenvalue weighted by atomic mass is 32.2. The average Bonchev–Trinajstić information content (AvgIpc) is 2.91. The first-order valence-electron chi connectivity index (χ1n) is 12.6. The van der Waals surface area contributed by atoms with Gasteiger partial charge in [0, 0.05) is 18.2 Å². The number of benzene rings is 3. The van der Waals surface area contributed by atoms with Gasteiger partial charge in [0.15, 0.2) is 0 Å². The molecule has 39 heavy (non-hydrogen) atoms. The Morgan fingerprint density at radius 2 is 1.51 bits per heavy atom. The second-order valence-corrected chi connectivity index (χ2v) is 11.2. The first kappa shape index (κ1) is 29.6. The number of carbonyl (C=O) groups is 2. The molecule has 0 heterocycles. The highest BCUT2D eigenvalue weighted by Crippen LogP contribution is 2.26. The van der Waals surface area contributed by atoms with Crippen molar-refractivity contribution in [1.82, 2.24) is 10.2 Å². The van der Waals surface area contributed by atoms with Gasteiger partial charge in [-0.2, -0.15) is 0 Å². The molecule has 208 valence electrons. The summed E-state index contributed by atoms with van der Waals surface area (Å²) < 4.78 is 46.7. The topological polar surface area (TPSA) is 96.0 Å². The Bertz CT molecular complexity index is 1370. The number of rotatable bonds is 12. The second-order valence-electron chi connectivity index (χ2n) is 9.29. The number of nitrogens with one attached hydrogen (secondary N) is 1. The summed E-state index contributed by atoms with van der Waals surface area (Å²) in [5.74, 6) is -0.489. The van der Waals surface area contributed by atoms with Gasteiger partial charge in [-0.3, -0.25) is 13.9 Å². The van der Waals surface area contributed by atoms with Crippen molar-refractivity contribution >= 4 is 27.5 Å². The van der Waals surface area contributed by atoms with Gasteiger partial charge in [0.05, 0.1) is 11.9 Å². The minimum atomic E-state index is -3.90. The zero-order valence-electron chi connectivity index (χ0n) is 22.5. The fourth-order valence-electron chi connectivity index (χ4n) is 3.78. The summed E-state index contributed by atoms with van der Waals surface area (Å²) >= 11 is 0. The molecule has 0 radical (unpaired) electrons. The Labute approximate surface area is 229 Å². The molecule has 3 aromatic rings. The van der Waals surface area contributed by atoms with E-state index >= 15 is 0 Å². The number of carbonyl (C=O) groups excluding carboxylic acids is 2. The maximum Gasteiger partial charge on any atom is 0.244 e. The van der Waals surface area contributed by atoms with Crippen molar-refractivity contribution in [1.29, 1.82) is 0 Å². The smallest absolute Gasteiger partial charge is 0.244 e. The quantitative estimate of drug-likeness (QED) is 0.349. The van der Waals surface area contributed by atoms with E-state index in [0.29, 0.717) is 17.9 Å². The van der Waals surface area contributed by atoms with Gasteiger partial charge < -0.3 is 15.0 Å². The van der Waals surface area contributed by atoms with Crippen LogP contribution in [-0.4, -0.2) is 50.0 Å². The third-order valence-electron chi connectivity index (χ3n) is 6.25. The first-order valence-corrected chi connectivity index (χ1v) is 14.5. The highest BCUT2D eigenvalue weighted by molar-refractivity contribution is 7.92. The number of amides is 2. The summed E-state index contributed by atoms with van der Waals surface area (Å²) in [5.41, 5.74) is 0.455. The van der Waals surface area contributed by atoms with E-state index in [0.717, 1.165) is 10.6 Å². The van der Waals surface area contributed by atoms with Crippen molar-refractivity contribution in [2.75, 3.05) is 17.1 Å². The molecule has 3 aromatic carbocycles. The Kier molecular flexibility index (Phi) is 10.1. The van der Waals surface area contributed by atoms with E-state index < -0.39 is 40.2 Å². The lowest BCUT2D eigenvalue weighted by Gasteiger charge is -2.32. The van der Waals surface area contributed by atoms with Crippen molar-refractivity contribution in [3.63, 3.8) is 0 Å². The van der Waals surface area contributed by atoms with Gasteiger partial charge in [-0.15, -0.1) is 0 Å².